The molecule has 2 aromatic carbocycles. The maximum absolute atomic E-state index is 10.4. The Hall–Kier alpha value is -3.06. The van der Waals surface area contributed by atoms with E-state index in [0.29, 0.717) is 17.0 Å². The van der Waals surface area contributed by atoms with Crippen molar-refractivity contribution in [2.75, 3.05) is 14.2 Å². The largest absolute Gasteiger partial charge is 0.507 e. The summed E-state index contributed by atoms with van der Waals surface area (Å²) in [5.41, 5.74) is 3.09. The number of nitrogens with zero attached hydrogens (tertiary/aromatic N) is 3. The Morgan fingerprint density at radius 1 is 1.10 bits per heavy atom. The highest BCUT2D eigenvalue weighted by atomic mass is 32.1. The second-order valence-corrected chi connectivity index (χ2v) is 7.54. The zero-order valence-corrected chi connectivity index (χ0v) is 18.0. The molecule has 3 aromatic rings. The second kappa shape index (κ2) is 8.96. The molecule has 152 valence electrons. The lowest BCUT2D eigenvalue weighted by Gasteiger charge is -2.11. The van der Waals surface area contributed by atoms with Crippen molar-refractivity contribution >= 4 is 17.0 Å². The fourth-order valence-electron chi connectivity index (χ4n) is 2.90. The third-order valence-corrected chi connectivity index (χ3v) is 5.11. The molecule has 0 fully saturated rings. The van der Waals surface area contributed by atoms with Crippen LogP contribution in [0.5, 0.6) is 17.2 Å². The lowest BCUT2D eigenvalue weighted by atomic mass is 10.1. The number of benzene rings is 2. The number of methoxy groups -OCH3 is 2. The molecule has 3 rings (SSSR count). The fourth-order valence-corrected chi connectivity index (χ4v) is 3.85. The smallest absolute Gasteiger partial charge is 0.206 e. The summed E-state index contributed by atoms with van der Waals surface area (Å²) in [6.07, 6.45) is 0. The van der Waals surface area contributed by atoms with E-state index in [4.69, 9.17) is 19.6 Å². The molecule has 7 heteroatoms. The number of hydrogen-bond acceptors (Lipinski definition) is 6. The molecule has 0 amide bonds. The number of phenolic OH excluding ortho intramolecular Hbond substituents is 1. The van der Waals surface area contributed by atoms with Gasteiger partial charge in [0, 0.05) is 28.6 Å². The van der Waals surface area contributed by atoms with E-state index < -0.39 is 0 Å². The summed E-state index contributed by atoms with van der Waals surface area (Å²) in [4.78, 5) is 5.48. The Balaban J connectivity index is 2.19. The van der Waals surface area contributed by atoms with E-state index in [1.165, 1.54) is 11.3 Å². The molecule has 0 aliphatic heterocycles. The molecule has 1 aromatic heterocycles. The van der Waals surface area contributed by atoms with Gasteiger partial charge < -0.3 is 14.6 Å². The number of para-hydroxylation sites is 1. The first-order valence-electron chi connectivity index (χ1n) is 9.25. The minimum atomic E-state index is 0.114. The molecule has 6 nitrogen and oxygen atoms in total. The molecule has 0 spiro atoms. The Kier molecular flexibility index (Phi) is 6.39. The average molecular weight is 412 g/mol. The van der Waals surface area contributed by atoms with E-state index in [9.17, 15) is 5.11 Å². The van der Waals surface area contributed by atoms with E-state index in [-0.39, 0.29) is 11.8 Å². The Bertz CT molecular complexity index is 1100. The highest BCUT2D eigenvalue weighted by molar-refractivity contribution is 7.07. The zero-order valence-electron chi connectivity index (χ0n) is 17.2. The van der Waals surface area contributed by atoms with E-state index in [1.54, 1.807) is 32.4 Å². The molecular weight excluding hydrogens is 386 g/mol. The maximum atomic E-state index is 10.4. The van der Waals surface area contributed by atoms with Crippen LogP contribution in [0.15, 0.2) is 57.9 Å². The van der Waals surface area contributed by atoms with Gasteiger partial charge >= 0.3 is 0 Å². The van der Waals surface area contributed by atoms with Crippen molar-refractivity contribution < 1.29 is 14.6 Å². The SMILES string of the molecule is COc1ccc(C(C)=Nn2c(-c3ccccc3OC)csc2=NC(C)C)c(O)c1. The summed E-state index contributed by atoms with van der Waals surface area (Å²) < 4.78 is 12.5. The highest BCUT2D eigenvalue weighted by Gasteiger charge is 2.14. The third-order valence-electron chi connectivity index (χ3n) is 4.28. The number of aromatic hydroxyl groups is 1. The molecule has 0 saturated carbocycles. The summed E-state index contributed by atoms with van der Waals surface area (Å²) in [5, 5.41) is 17.2. The number of hydrogen-bond donors (Lipinski definition) is 1. The average Bonchev–Trinajstić information content (AvgIpc) is 3.08. The van der Waals surface area contributed by atoms with Gasteiger partial charge in [-0.1, -0.05) is 12.1 Å². The predicted octanol–water partition coefficient (Wildman–Crippen LogP) is 4.52. The molecule has 1 N–H and O–H groups in total. The molecule has 0 atom stereocenters. The number of rotatable bonds is 6. The van der Waals surface area contributed by atoms with Crippen LogP contribution in [0, 0.1) is 0 Å². The van der Waals surface area contributed by atoms with Crippen LogP contribution in [-0.2, 0) is 0 Å². The van der Waals surface area contributed by atoms with Gasteiger partial charge in [0.05, 0.1) is 25.6 Å². The molecule has 0 saturated heterocycles. The van der Waals surface area contributed by atoms with Gasteiger partial charge in [0.25, 0.3) is 0 Å². The van der Waals surface area contributed by atoms with Gasteiger partial charge in [-0.2, -0.15) is 5.10 Å². The molecule has 0 unspecified atom stereocenters. The molecule has 0 bridgehead atoms. The molecule has 0 aliphatic rings. The van der Waals surface area contributed by atoms with Crippen LogP contribution < -0.4 is 14.3 Å². The quantitative estimate of drug-likeness (QED) is 0.607. The predicted molar refractivity (Wildman–Crippen MR) is 117 cm³/mol. The second-order valence-electron chi connectivity index (χ2n) is 6.71. The normalized spacial score (nSPS) is 12.5. The molecule has 29 heavy (non-hydrogen) atoms. The van der Waals surface area contributed by atoms with E-state index in [0.717, 1.165) is 21.8 Å². The summed E-state index contributed by atoms with van der Waals surface area (Å²) >= 11 is 1.52. The van der Waals surface area contributed by atoms with Crippen LogP contribution >= 0.6 is 11.3 Å². The van der Waals surface area contributed by atoms with Crippen molar-refractivity contribution in [3.63, 3.8) is 0 Å². The monoisotopic (exact) mass is 411 g/mol. The van der Waals surface area contributed by atoms with Crippen LogP contribution in [0.1, 0.15) is 26.3 Å². The standard InChI is InChI=1S/C22H25N3O3S/c1-14(2)23-22-25(19(13-29-22)18-8-6-7-9-21(18)28-5)24-15(3)17-11-10-16(27-4)12-20(17)26/h6-14,26H,1-5H3. The minimum absolute atomic E-state index is 0.114. The Morgan fingerprint density at radius 2 is 1.86 bits per heavy atom. The molecule has 0 aliphatic carbocycles. The first kappa shape index (κ1) is 20.7. The van der Waals surface area contributed by atoms with Gasteiger partial charge in [-0.05, 0) is 45.0 Å². The van der Waals surface area contributed by atoms with Crippen molar-refractivity contribution in [2.45, 2.75) is 26.8 Å². The zero-order chi connectivity index (χ0) is 21.0. The van der Waals surface area contributed by atoms with Crippen molar-refractivity contribution in [1.82, 2.24) is 4.68 Å². The first-order valence-corrected chi connectivity index (χ1v) is 10.1. The van der Waals surface area contributed by atoms with Crippen LogP contribution in [0.4, 0.5) is 0 Å². The van der Waals surface area contributed by atoms with E-state index in [2.05, 4.69) is 0 Å². The van der Waals surface area contributed by atoms with Crippen LogP contribution in [-0.4, -0.2) is 35.8 Å². The van der Waals surface area contributed by atoms with Crippen LogP contribution in [0.2, 0.25) is 0 Å². The first-order chi connectivity index (χ1) is 13.9. The van der Waals surface area contributed by atoms with E-state index >= 15 is 0 Å². The topological polar surface area (TPSA) is 68.3 Å². The van der Waals surface area contributed by atoms with Gasteiger partial charge in [-0.25, -0.2) is 4.68 Å². The Labute approximate surface area is 174 Å². The Morgan fingerprint density at radius 3 is 2.52 bits per heavy atom. The minimum Gasteiger partial charge on any atom is -0.507 e. The van der Waals surface area contributed by atoms with Crippen LogP contribution in [0.25, 0.3) is 11.3 Å². The molecule has 0 radical (unpaired) electrons. The highest BCUT2D eigenvalue weighted by Crippen LogP contribution is 2.30. The van der Waals surface area contributed by atoms with Gasteiger partial charge in [0.1, 0.15) is 17.2 Å². The van der Waals surface area contributed by atoms with Crippen molar-refractivity contribution in [3.05, 3.63) is 58.2 Å². The van der Waals surface area contributed by atoms with Crippen molar-refractivity contribution in [1.29, 1.82) is 0 Å². The molecule has 1 heterocycles. The maximum Gasteiger partial charge on any atom is 0.206 e. The number of aromatic nitrogens is 1. The fraction of sp³-hybridized carbons (Fsp3) is 0.273. The summed E-state index contributed by atoms with van der Waals surface area (Å²) in [5.74, 6) is 1.46. The number of thiazole rings is 1. The lowest BCUT2D eigenvalue weighted by Crippen LogP contribution is -2.16. The number of ether oxygens (including phenoxy) is 2. The third kappa shape index (κ3) is 4.51. The molecular formula is C22H25N3O3S. The van der Waals surface area contributed by atoms with Gasteiger partial charge in [-0.3, -0.25) is 4.99 Å². The van der Waals surface area contributed by atoms with Gasteiger partial charge in [-0.15, -0.1) is 11.3 Å². The number of phenols is 1. The van der Waals surface area contributed by atoms with Gasteiger partial charge in [0.2, 0.25) is 4.80 Å². The lowest BCUT2D eigenvalue weighted by molar-refractivity contribution is 0.407. The van der Waals surface area contributed by atoms with Crippen molar-refractivity contribution in [3.8, 4) is 28.5 Å². The van der Waals surface area contributed by atoms with E-state index in [1.807, 2.05) is 55.1 Å². The summed E-state index contributed by atoms with van der Waals surface area (Å²) in [6.45, 7) is 5.91. The van der Waals surface area contributed by atoms with Gasteiger partial charge in [0.15, 0.2) is 0 Å². The summed E-state index contributed by atoms with van der Waals surface area (Å²) in [6, 6.07) is 13.1. The van der Waals surface area contributed by atoms with Crippen LogP contribution in [0.3, 0.4) is 0 Å². The van der Waals surface area contributed by atoms with Crippen molar-refractivity contribution in [2.24, 2.45) is 10.1 Å². The summed E-state index contributed by atoms with van der Waals surface area (Å²) in [7, 11) is 3.22.